The van der Waals surface area contributed by atoms with Crippen molar-refractivity contribution in [3.63, 3.8) is 0 Å². The Morgan fingerprint density at radius 3 is 2.67 bits per heavy atom. The van der Waals surface area contributed by atoms with Gasteiger partial charge in [-0.05, 0) is 52.0 Å². The molecule has 2 rings (SSSR count). The third-order valence-electron chi connectivity index (χ3n) is 3.34. The van der Waals surface area contributed by atoms with Crippen molar-refractivity contribution in [2.75, 3.05) is 7.05 Å². The molecule has 1 aromatic carbocycles. The standard InChI is InChI=1S/C14H16BrNO3S2/c1-10(13-4-3-7-20-13)16(2)21(18,19)14-8-11(9-17)5-6-12(14)15/h3-8,10,17H,9H2,1-2H3. The van der Waals surface area contributed by atoms with Gasteiger partial charge in [-0.3, -0.25) is 0 Å². The summed E-state index contributed by atoms with van der Waals surface area (Å²) in [6.45, 7) is 1.66. The van der Waals surface area contributed by atoms with Crippen LogP contribution >= 0.6 is 27.3 Å². The molecule has 0 saturated carbocycles. The smallest absolute Gasteiger partial charge is 0.244 e. The topological polar surface area (TPSA) is 57.6 Å². The largest absolute Gasteiger partial charge is 0.392 e. The van der Waals surface area contributed by atoms with Crippen molar-refractivity contribution in [2.24, 2.45) is 0 Å². The maximum atomic E-state index is 12.8. The number of aliphatic hydroxyl groups is 1. The van der Waals surface area contributed by atoms with E-state index in [1.165, 1.54) is 21.7 Å². The minimum Gasteiger partial charge on any atom is -0.392 e. The van der Waals surface area contributed by atoms with Crippen LogP contribution in [0.15, 0.2) is 45.1 Å². The molecule has 0 saturated heterocycles. The lowest BCUT2D eigenvalue weighted by Gasteiger charge is -2.24. The van der Waals surface area contributed by atoms with E-state index in [2.05, 4.69) is 15.9 Å². The predicted molar refractivity (Wildman–Crippen MR) is 87.7 cm³/mol. The molecule has 0 amide bonds. The summed E-state index contributed by atoms with van der Waals surface area (Å²) in [5.74, 6) is 0. The van der Waals surface area contributed by atoms with Crippen molar-refractivity contribution in [3.8, 4) is 0 Å². The van der Waals surface area contributed by atoms with E-state index in [4.69, 9.17) is 0 Å². The minimum atomic E-state index is -3.65. The van der Waals surface area contributed by atoms with Crippen LogP contribution in [0.1, 0.15) is 23.4 Å². The van der Waals surface area contributed by atoms with Gasteiger partial charge in [-0.2, -0.15) is 4.31 Å². The zero-order chi connectivity index (χ0) is 15.6. The van der Waals surface area contributed by atoms with Gasteiger partial charge in [0.2, 0.25) is 10.0 Å². The van der Waals surface area contributed by atoms with Crippen molar-refractivity contribution in [2.45, 2.75) is 24.5 Å². The molecular formula is C14H16BrNO3S2. The lowest BCUT2D eigenvalue weighted by molar-refractivity contribution is 0.281. The number of hydrogen-bond acceptors (Lipinski definition) is 4. The zero-order valence-corrected chi connectivity index (χ0v) is 14.9. The Morgan fingerprint density at radius 2 is 2.10 bits per heavy atom. The molecule has 0 bridgehead atoms. The number of aliphatic hydroxyl groups excluding tert-OH is 1. The van der Waals surface area contributed by atoms with Crippen molar-refractivity contribution < 1.29 is 13.5 Å². The number of nitrogens with zero attached hydrogens (tertiary/aromatic N) is 1. The van der Waals surface area contributed by atoms with E-state index in [0.717, 1.165) is 4.88 Å². The molecule has 1 aromatic heterocycles. The first-order valence-electron chi connectivity index (χ1n) is 6.28. The van der Waals surface area contributed by atoms with Gasteiger partial charge in [-0.25, -0.2) is 8.42 Å². The lowest BCUT2D eigenvalue weighted by atomic mass is 10.2. The van der Waals surface area contributed by atoms with Gasteiger partial charge in [-0.1, -0.05) is 12.1 Å². The molecule has 114 valence electrons. The highest BCUT2D eigenvalue weighted by atomic mass is 79.9. The number of rotatable bonds is 5. The van der Waals surface area contributed by atoms with Gasteiger partial charge in [0, 0.05) is 16.4 Å². The van der Waals surface area contributed by atoms with Crippen LogP contribution in [-0.4, -0.2) is 24.9 Å². The van der Waals surface area contributed by atoms with Crippen LogP contribution < -0.4 is 0 Å². The van der Waals surface area contributed by atoms with E-state index in [-0.39, 0.29) is 17.5 Å². The molecule has 1 N–H and O–H groups in total. The summed E-state index contributed by atoms with van der Waals surface area (Å²) in [5.41, 5.74) is 0.564. The molecule has 7 heteroatoms. The second kappa shape index (κ2) is 6.58. The Morgan fingerprint density at radius 1 is 1.38 bits per heavy atom. The van der Waals surface area contributed by atoms with Crippen molar-refractivity contribution in [1.29, 1.82) is 0 Å². The molecule has 4 nitrogen and oxygen atoms in total. The van der Waals surface area contributed by atoms with Crippen LogP contribution in [0.25, 0.3) is 0 Å². The number of benzene rings is 1. The Hall–Kier alpha value is -0.730. The average Bonchev–Trinajstić information content (AvgIpc) is 3.00. The summed E-state index contributed by atoms with van der Waals surface area (Å²) in [6.07, 6.45) is 0. The van der Waals surface area contributed by atoms with E-state index in [1.54, 1.807) is 19.2 Å². The highest BCUT2D eigenvalue weighted by Crippen LogP contribution is 2.32. The summed E-state index contributed by atoms with van der Waals surface area (Å²) in [5, 5.41) is 11.1. The molecule has 2 aromatic rings. The Bertz CT molecular complexity index is 714. The lowest BCUT2D eigenvalue weighted by Crippen LogP contribution is -2.29. The molecule has 1 atom stereocenters. The van der Waals surface area contributed by atoms with Gasteiger partial charge in [0.1, 0.15) is 0 Å². The van der Waals surface area contributed by atoms with Gasteiger partial charge in [-0.15, -0.1) is 11.3 Å². The maximum absolute atomic E-state index is 12.8. The molecule has 0 radical (unpaired) electrons. The molecule has 0 fully saturated rings. The van der Waals surface area contributed by atoms with Crippen LogP contribution in [0.5, 0.6) is 0 Å². The molecule has 1 heterocycles. The average molecular weight is 390 g/mol. The van der Waals surface area contributed by atoms with E-state index < -0.39 is 10.0 Å². The summed E-state index contributed by atoms with van der Waals surface area (Å²) >= 11 is 4.80. The van der Waals surface area contributed by atoms with Crippen LogP contribution in [-0.2, 0) is 16.6 Å². The Balaban J connectivity index is 2.42. The third kappa shape index (κ3) is 3.37. The monoisotopic (exact) mass is 389 g/mol. The van der Waals surface area contributed by atoms with Gasteiger partial charge in [0.05, 0.1) is 17.5 Å². The number of sulfonamides is 1. The molecule has 0 aliphatic carbocycles. The molecule has 0 aliphatic heterocycles. The SMILES string of the molecule is CC(c1cccs1)N(C)S(=O)(=O)c1cc(CO)ccc1Br. The first kappa shape index (κ1) is 16.6. The number of halogens is 1. The van der Waals surface area contributed by atoms with Crippen LogP contribution in [0.4, 0.5) is 0 Å². The van der Waals surface area contributed by atoms with Crippen LogP contribution in [0.2, 0.25) is 0 Å². The van der Waals surface area contributed by atoms with E-state index >= 15 is 0 Å². The summed E-state index contributed by atoms with van der Waals surface area (Å²) in [7, 11) is -2.08. The van der Waals surface area contributed by atoms with Gasteiger partial charge in [0.15, 0.2) is 0 Å². The van der Waals surface area contributed by atoms with Crippen molar-refractivity contribution >= 4 is 37.3 Å². The summed E-state index contributed by atoms with van der Waals surface area (Å²) in [6, 6.07) is 8.39. The third-order valence-corrected chi connectivity index (χ3v) is 7.30. The molecule has 1 unspecified atom stereocenters. The molecule has 0 aliphatic rings. The molecular weight excluding hydrogens is 374 g/mol. The highest BCUT2D eigenvalue weighted by Gasteiger charge is 2.28. The normalized spacial score (nSPS) is 13.6. The Kier molecular flexibility index (Phi) is 5.21. The fourth-order valence-electron chi connectivity index (χ4n) is 1.92. The highest BCUT2D eigenvalue weighted by molar-refractivity contribution is 9.10. The second-order valence-corrected chi connectivity index (χ2v) is 8.44. The summed E-state index contributed by atoms with van der Waals surface area (Å²) in [4.78, 5) is 1.15. The van der Waals surface area contributed by atoms with Crippen molar-refractivity contribution in [3.05, 3.63) is 50.6 Å². The van der Waals surface area contributed by atoms with Crippen molar-refractivity contribution in [1.82, 2.24) is 4.31 Å². The van der Waals surface area contributed by atoms with Gasteiger partial charge >= 0.3 is 0 Å². The van der Waals surface area contributed by atoms with Crippen LogP contribution in [0.3, 0.4) is 0 Å². The van der Waals surface area contributed by atoms with Crippen LogP contribution in [0, 0.1) is 0 Å². The second-order valence-electron chi connectivity index (χ2n) is 4.64. The number of thiophene rings is 1. The zero-order valence-electron chi connectivity index (χ0n) is 11.7. The first-order chi connectivity index (χ1) is 9.87. The number of hydrogen-bond donors (Lipinski definition) is 1. The van der Waals surface area contributed by atoms with Gasteiger partial charge in [0.25, 0.3) is 0 Å². The molecule has 21 heavy (non-hydrogen) atoms. The first-order valence-corrected chi connectivity index (χ1v) is 9.40. The fraction of sp³-hybridized carbons (Fsp3) is 0.286. The van der Waals surface area contributed by atoms with E-state index in [9.17, 15) is 13.5 Å². The summed E-state index contributed by atoms with van der Waals surface area (Å²) < 4.78 is 27.4. The fourth-order valence-corrected chi connectivity index (χ4v) is 5.12. The van der Waals surface area contributed by atoms with E-state index in [1.807, 2.05) is 24.4 Å². The molecule has 0 spiro atoms. The van der Waals surface area contributed by atoms with E-state index in [0.29, 0.717) is 10.0 Å². The minimum absolute atomic E-state index is 0.167. The predicted octanol–water partition coefficient (Wildman–Crippen LogP) is 3.38. The van der Waals surface area contributed by atoms with Gasteiger partial charge < -0.3 is 5.11 Å². The quantitative estimate of drug-likeness (QED) is 0.852. The Labute approximate surface area is 137 Å². The maximum Gasteiger partial charge on any atom is 0.244 e.